The van der Waals surface area contributed by atoms with Gasteiger partial charge >= 0.3 is 5.97 Å². The number of carboxylic acids is 1. The fraction of sp³-hybridized carbons (Fsp3) is 0.0667. The second kappa shape index (κ2) is 5.88. The third kappa shape index (κ3) is 3.14. The molecule has 0 saturated heterocycles. The summed E-state index contributed by atoms with van der Waals surface area (Å²) in [5.74, 6) is -0.843. The zero-order chi connectivity index (χ0) is 14.5. The van der Waals surface area contributed by atoms with Gasteiger partial charge in [0.25, 0.3) is 0 Å². The molecule has 102 valence electrons. The molecule has 2 aromatic carbocycles. The van der Waals surface area contributed by atoms with Crippen LogP contribution < -0.4 is 5.43 Å². The van der Waals surface area contributed by atoms with Crippen LogP contribution in [0.2, 0.25) is 0 Å². The lowest BCUT2D eigenvalue weighted by Crippen LogP contribution is -2.01. The molecule has 5 nitrogen and oxygen atoms in total. The van der Waals surface area contributed by atoms with Crippen molar-refractivity contribution in [1.82, 2.24) is 0 Å². The van der Waals surface area contributed by atoms with Gasteiger partial charge in [-0.15, -0.1) is 0 Å². The van der Waals surface area contributed by atoms with Crippen LogP contribution in [0.5, 0.6) is 5.75 Å². The van der Waals surface area contributed by atoms with Crippen molar-refractivity contribution in [3.8, 4) is 5.75 Å². The Hall–Kier alpha value is -2.82. The number of hydrogen-bond acceptors (Lipinski definition) is 4. The van der Waals surface area contributed by atoms with Crippen LogP contribution in [0.4, 0.5) is 5.69 Å². The third-order valence-corrected chi connectivity index (χ3v) is 2.76. The first-order valence-corrected chi connectivity index (χ1v) is 6.00. The van der Waals surface area contributed by atoms with E-state index in [1.807, 2.05) is 0 Å². The van der Waals surface area contributed by atoms with Crippen molar-refractivity contribution in [2.24, 2.45) is 5.10 Å². The van der Waals surface area contributed by atoms with Gasteiger partial charge in [0.2, 0.25) is 0 Å². The van der Waals surface area contributed by atoms with Crippen molar-refractivity contribution in [2.75, 3.05) is 5.43 Å². The van der Waals surface area contributed by atoms with Crippen molar-refractivity contribution < 1.29 is 15.0 Å². The number of aromatic carboxylic acids is 1. The molecular formula is C15H14N2O3. The Morgan fingerprint density at radius 2 is 1.90 bits per heavy atom. The topological polar surface area (TPSA) is 81.9 Å². The highest BCUT2D eigenvalue weighted by atomic mass is 16.4. The number of anilines is 1. The van der Waals surface area contributed by atoms with E-state index in [1.165, 1.54) is 12.1 Å². The standard InChI is InChI=1S/C15H14N2O3/c1-10(13-7-2-3-8-14(13)18)16-17-12-6-4-5-11(9-12)15(19)20/h2-9,17-18H,1H3,(H,19,20). The minimum Gasteiger partial charge on any atom is -0.507 e. The number of aromatic hydroxyl groups is 1. The summed E-state index contributed by atoms with van der Waals surface area (Å²) in [4.78, 5) is 10.9. The Balaban J connectivity index is 2.19. The maximum Gasteiger partial charge on any atom is 0.335 e. The molecule has 0 unspecified atom stereocenters. The van der Waals surface area contributed by atoms with Gasteiger partial charge in [-0.2, -0.15) is 5.10 Å². The number of carbonyl (C=O) groups is 1. The SMILES string of the molecule is CC(=NNc1cccc(C(=O)O)c1)c1ccccc1O. The van der Waals surface area contributed by atoms with Crippen molar-refractivity contribution in [2.45, 2.75) is 6.92 Å². The highest BCUT2D eigenvalue weighted by molar-refractivity contribution is 6.01. The lowest BCUT2D eigenvalue weighted by atomic mass is 10.1. The van der Waals surface area contributed by atoms with Gasteiger partial charge in [-0.25, -0.2) is 4.79 Å². The molecule has 0 fully saturated rings. The molecule has 0 aliphatic carbocycles. The monoisotopic (exact) mass is 270 g/mol. The number of para-hydroxylation sites is 1. The number of phenols is 1. The van der Waals surface area contributed by atoms with E-state index in [4.69, 9.17) is 5.11 Å². The van der Waals surface area contributed by atoms with Gasteiger partial charge in [-0.3, -0.25) is 5.43 Å². The molecule has 0 aliphatic rings. The molecule has 0 saturated carbocycles. The predicted octanol–water partition coefficient (Wildman–Crippen LogP) is 2.93. The van der Waals surface area contributed by atoms with Crippen molar-refractivity contribution in [3.63, 3.8) is 0 Å². The number of hydrazone groups is 1. The number of phenolic OH excluding ortho intramolecular Hbond substituents is 1. The number of benzene rings is 2. The second-order valence-corrected chi connectivity index (χ2v) is 4.21. The molecule has 20 heavy (non-hydrogen) atoms. The second-order valence-electron chi connectivity index (χ2n) is 4.21. The Morgan fingerprint density at radius 1 is 1.15 bits per heavy atom. The van der Waals surface area contributed by atoms with E-state index in [9.17, 15) is 9.90 Å². The maximum absolute atomic E-state index is 10.9. The highest BCUT2D eigenvalue weighted by Gasteiger charge is 2.04. The van der Waals surface area contributed by atoms with Gasteiger partial charge in [0.05, 0.1) is 17.0 Å². The molecule has 0 aliphatic heterocycles. The van der Waals surface area contributed by atoms with Crippen LogP contribution in [0.1, 0.15) is 22.8 Å². The number of nitrogens with one attached hydrogen (secondary N) is 1. The zero-order valence-corrected chi connectivity index (χ0v) is 10.9. The van der Waals surface area contributed by atoms with E-state index in [-0.39, 0.29) is 11.3 Å². The normalized spacial score (nSPS) is 11.2. The number of nitrogens with zero attached hydrogens (tertiary/aromatic N) is 1. The molecule has 0 aromatic heterocycles. The van der Waals surface area contributed by atoms with Crippen LogP contribution in [0, 0.1) is 0 Å². The molecule has 2 rings (SSSR count). The Bertz CT molecular complexity index is 666. The van der Waals surface area contributed by atoms with Crippen LogP contribution in [-0.2, 0) is 0 Å². The summed E-state index contributed by atoms with van der Waals surface area (Å²) in [5.41, 5.74) is 4.75. The van der Waals surface area contributed by atoms with Crippen LogP contribution in [0.3, 0.4) is 0 Å². The first-order valence-electron chi connectivity index (χ1n) is 6.00. The largest absolute Gasteiger partial charge is 0.507 e. The lowest BCUT2D eigenvalue weighted by molar-refractivity contribution is 0.0697. The summed E-state index contributed by atoms with van der Waals surface area (Å²) in [5, 5.41) is 22.8. The van der Waals surface area contributed by atoms with Crippen molar-refractivity contribution in [3.05, 3.63) is 59.7 Å². The minimum atomic E-state index is -0.991. The molecular weight excluding hydrogens is 256 g/mol. The Kier molecular flexibility index (Phi) is 4.00. The minimum absolute atomic E-state index is 0.148. The Labute approximate surface area is 116 Å². The summed E-state index contributed by atoms with van der Waals surface area (Å²) in [7, 11) is 0. The smallest absolute Gasteiger partial charge is 0.335 e. The van der Waals surface area contributed by atoms with Gasteiger partial charge < -0.3 is 10.2 Å². The number of rotatable bonds is 4. The van der Waals surface area contributed by atoms with Gasteiger partial charge in [-0.1, -0.05) is 18.2 Å². The molecule has 0 amide bonds. The fourth-order valence-electron chi connectivity index (χ4n) is 1.71. The molecule has 5 heteroatoms. The van der Waals surface area contributed by atoms with E-state index in [1.54, 1.807) is 43.3 Å². The average molecular weight is 270 g/mol. The van der Waals surface area contributed by atoms with Gasteiger partial charge in [0, 0.05) is 5.56 Å². The van der Waals surface area contributed by atoms with E-state index < -0.39 is 5.97 Å². The first-order chi connectivity index (χ1) is 9.58. The zero-order valence-electron chi connectivity index (χ0n) is 10.9. The molecule has 3 N–H and O–H groups in total. The van der Waals surface area contributed by atoms with Crippen molar-refractivity contribution in [1.29, 1.82) is 0 Å². The molecule has 0 heterocycles. The predicted molar refractivity (Wildman–Crippen MR) is 77.3 cm³/mol. The quantitative estimate of drug-likeness (QED) is 0.589. The summed E-state index contributed by atoms with van der Waals surface area (Å²) in [6.45, 7) is 1.75. The summed E-state index contributed by atoms with van der Waals surface area (Å²) < 4.78 is 0. The fourth-order valence-corrected chi connectivity index (χ4v) is 1.71. The summed E-state index contributed by atoms with van der Waals surface area (Å²) in [6, 6.07) is 13.2. The molecule has 2 aromatic rings. The molecule has 0 atom stereocenters. The molecule has 0 radical (unpaired) electrons. The Morgan fingerprint density at radius 3 is 2.60 bits per heavy atom. The number of hydrogen-bond donors (Lipinski definition) is 3. The van der Waals surface area contributed by atoms with E-state index in [0.29, 0.717) is 17.0 Å². The first kappa shape index (κ1) is 13.6. The van der Waals surface area contributed by atoms with E-state index in [2.05, 4.69) is 10.5 Å². The van der Waals surface area contributed by atoms with Crippen molar-refractivity contribution >= 4 is 17.4 Å². The van der Waals surface area contributed by atoms with E-state index >= 15 is 0 Å². The van der Waals surface area contributed by atoms with Crippen LogP contribution in [-0.4, -0.2) is 21.9 Å². The molecule has 0 spiro atoms. The van der Waals surface area contributed by atoms with Gasteiger partial charge in [-0.05, 0) is 37.3 Å². The highest BCUT2D eigenvalue weighted by Crippen LogP contribution is 2.17. The summed E-state index contributed by atoms with van der Waals surface area (Å²) in [6.07, 6.45) is 0. The molecule has 0 bridgehead atoms. The number of carboxylic acid groups (broad SMARTS) is 1. The van der Waals surface area contributed by atoms with Crippen LogP contribution in [0.15, 0.2) is 53.6 Å². The lowest BCUT2D eigenvalue weighted by Gasteiger charge is -2.06. The van der Waals surface area contributed by atoms with Crippen LogP contribution >= 0.6 is 0 Å². The van der Waals surface area contributed by atoms with Gasteiger partial charge in [0.15, 0.2) is 0 Å². The average Bonchev–Trinajstić information content (AvgIpc) is 2.45. The van der Waals surface area contributed by atoms with Crippen LogP contribution in [0.25, 0.3) is 0 Å². The van der Waals surface area contributed by atoms with E-state index in [0.717, 1.165) is 0 Å². The maximum atomic E-state index is 10.9. The van der Waals surface area contributed by atoms with Gasteiger partial charge in [0.1, 0.15) is 5.75 Å². The third-order valence-electron chi connectivity index (χ3n) is 2.76. The summed E-state index contributed by atoms with van der Waals surface area (Å²) >= 11 is 0.